The van der Waals surface area contributed by atoms with Crippen LogP contribution in [0.2, 0.25) is 0 Å². The fourth-order valence-electron chi connectivity index (χ4n) is 2.65. The number of nitro benzene ring substituents is 1. The molecule has 4 heteroatoms. The highest BCUT2D eigenvalue weighted by Gasteiger charge is 2.17. The first-order valence-corrected chi connectivity index (χ1v) is 7.25. The van der Waals surface area contributed by atoms with Crippen LogP contribution < -0.4 is 0 Å². The molecule has 1 fully saturated rings. The summed E-state index contributed by atoms with van der Waals surface area (Å²) >= 11 is 6.06. The molecule has 0 atom stereocenters. The predicted molar refractivity (Wildman–Crippen MR) is 78.4 cm³/mol. The Morgan fingerprint density at radius 1 is 1.26 bits per heavy atom. The van der Waals surface area contributed by atoms with E-state index in [0.29, 0.717) is 11.8 Å². The highest BCUT2D eigenvalue weighted by atomic mass is 35.5. The van der Waals surface area contributed by atoms with E-state index in [0.717, 1.165) is 5.56 Å². The van der Waals surface area contributed by atoms with Gasteiger partial charge in [-0.15, -0.1) is 11.6 Å². The molecule has 3 nitrogen and oxygen atoms in total. The second-order valence-electron chi connectivity index (χ2n) is 5.04. The Bertz CT molecular complexity index is 462. The lowest BCUT2D eigenvalue weighted by atomic mass is 9.84. The SMILES string of the molecule is O=[N+]([O-])c1ccc(C=C(CCl)C2CCCCC2)cc1. The fourth-order valence-corrected chi connectivity index (χ4v) is 2.94. The second kappa shape index (κ2) is 6.71. The monoisotopic (exact) mass is 279 g/mol. The number of hydrogen-bond donors (Lipinski definition) is 0. The summed E-state index contributed by atoms with van der Waals surface area (Å²) < 4.78 is 0. The molecular formula is C15H18ClNO2. The number of benzene rings is 1. The number of alkyl halides is 1. The molecule has 1 aliphatic rings. The largest absolute Gasteiger partial charge is 0.269 e. The van der Waals surface area contributed by atoms with E-state index in [9.17, 15) is 10.1 Å². The van der Waals surface area contributed by atoms with Crippen LogP contribution in [0.1, 0.15) is 37.7 Å². The van der Waals surface area contributed by atoms with Gasteiger partial charge in [-0.05, 0) is 36.5 Å². The van der Waals surface area contributed by atoms with E-state index in [-0.39, 0.29) is 10.6 Å². The van der Waals surface area contributed by atoms with Crippen LogP contribution in [0, 0.1) is 16.0 Å². The van der Waals surface area contributed by atoms with Gasteiger partial charge in [-0.25, -0.2) is 0 Å². The Morgan fingerprint density at radius 2 is 1.89 bits per heavy atom. The Morgan fingerprint density at radius 3 is 2.42 bits per heavy atom. The maximum Gasteiger partial charge on any atom is 0.269 e. The summed E-state index contributed by atoms with van der Waals surface area (Å²) in [6, 6.07) is 6.65. The Kier molecular flexibility index (Phi) is 4.97. The highest BCUT2D eigenvalue weighted by molar-refractivity contribution is 6.19. The maximum atomic E-state index is 10.6. The summed E-state index contributed by atoms with van der Waals surface area (Å²) in [6.07, 6.45) is 8.39. The minimum absolute atomic E-state index is 0.127. The molecule has 0 saturated heterocycles. The lowest BCUT2D eigenvalue weighted by molar-refractivity contribution is -0.384. The van der Waals surface area contributed by atoms with E-state index in [1.54, 1.807) is 24.3 Å². The van der Waals surface area contributed by atoms with Gasteiger partial charge in [-0.1, -0.05) is 30.9 Å². The number of nitrogens with zero attached hydrogens (tertiary/aromatic N) is 1. The number of nitro groups is 1. The van der Waals surface area contributed by atoms with Gasteiger partial charge in [0.1, 0.15) is 0 Å². The van der Waals surface area contributed by atoms with Crippen LogP contribution in [0.3, 0.4) is 0 Å². The van der Waals surface area contributed by atoms with Crippen LogP contribution in [-0.2, 0) is 0 Å². The van der Waals surface area contributed by atoms with Gasteiger partial charge >= 0.3 is 0 Å². The molecule has 19 heavy (non-hydrogen) atoms. The molecule has 0 amide bonds. The van der Waals surface area contributed by atoms with E-state index < -0.39 is 0 Å². The number of allylic oxidation sites excluding steroid dienone is 1. The smallest absolute Gasteiger partial charge is 0.258 e. The first-order chi connectivity index (χ1) is 9.20. The van der Waals surface area contributed by atoms with Gasteiger partial charge in [0, 0.05) is 18.0 Å². The molecule has 1 aromatic rings. The Hall–Kier alpha value is -1.35. The third-order valence-electron chi connectivity index (χ3n) is 3.74. The number of halogens is 1. The lowest BCUT2D eigenvalue weighted by Crippen LogP contribution is -2.10. The summed E-state index contributed by atoms with van der Waals surface area (Å²) in [5.41, 5.74) is 2.38. The molecule has 0 N–H and O–H groups in total. The Balaban J connectivity index is 2.14. The van der Waals surface area contributed by atoms with Gasteiger partial charge in [0.15, 0.2) is 0 Å². The quantitative estimate of drug-likeness (QED) is 0.451. The second-order valence-corrected chi connectivity index (χ2v) is 5.30. The number of rotatable bonds is 4. The van der Waals surface area contributed by atoms with Crippen molar-refractivity contribution in [2.75, 3.05) is 5.88 Å². The average molecular weight is 280 g/mol. The molecule has 1 aliphatic carbocycles. The molecule has 0 bridgehead atoms. The molecule has 0 unspecified atom stereocenters. The molecule has 0 spiro atoms. The predicted octanol–water partition coefficient (Wildman–Crippen LogP) is 4.80. The first kappa shape index (κ1) is 14.1. The van der Waals surface area contributed by atoms with Crippen molar-refractivity contribution in [2.45, 2.75) is 32.1 Å². The molecule has 0 aromatic heterocycles. The van der Waals surface area contributed by atoms with Crippen LogP contribution >= 0.6 is 11.6 Å². The van der Waals surface area contributed by atoms with E-state index in [4.69, 9.17) is 11.6 Å². The molecule has 0 radical (unpaired) electrons. The van der Waals surface area contributed by atoms with Gasteiger partial charge < -0.3 is 0 Å². The van der Waals surface area contributed by atoms with E-state index in [1.807, 2.05) is 0 Å². The van der Waals surface area contributed by atoms with E-state index in [1.165, 1.54) is 37.7 Å². The summed E-state index contributed by atoms with van der Waals surface area (Å²) in [6.45, 7) is 0. The van der Waals surface area contributed by atoms with Gasteiger partial charge in [-0.3, -0.25) is 10.1 Å². The summed E-state index contributed by atoms with van der Waals surface area (Å²) in [5.74, 6) is 1.13. The standard InChI is InChI=1S/C15H18ClNO2/c16-11-14(13-4-2-1-3-5-13)10-12-6-8-15(9-7-12)17(18)19/h6-10,13H,1-5,11H2. The van der Waals surface area contributed by atoms with Crippen molar-refractivity contribution >= 4 is 23.4 Å². The van der Waals surface area contributed by atoms with Crippen LogP contribution in [0.5, 0.6) is 0 Å². The third kappa shape index (κ3) is 3.80. The van der Waals surface area contributed by atoms with Crippen molar-refractivity contribution in [1.29, 1.82) is 0 Å². The zero-order valence-corrected chi connectivity index (χ0v) is 11.6. The van der Waals surface area contributed by atoms with Crippen LogP contribution in [0.4, 0.5) is 5.69 Å². The maximum absolute atomic E-state index is 10.6. The molecule has 1 saturated carbocycles. The molecule has 102 valence electrons. The number of non-ortho nitro benzene ring substituents is 1. The summed E-state index contributed by atoms with van der Waals surface area (Å²) in [4.78, 5) is 10.2. The minimum atomic E-state index is -0.378. The molecular weight excluding hydrogens is 262 g/mol. The molecule has 1 aromatic carbocycles. The normalized spacial score (nSPS) is 17.4. The van der Waals surface area contributed by atoms with Crippen LogP contribution in [-0.4, -0.2) is 10.8 Å². The molecule has 0 aliphatic heterocycles. The highest BCUT2D eigenvalue weighted by Crippen LogP contribution is 2.31. The van der Waals surface area contributed by atoms with Crippen LogP contribution in [0.15, 0.2) is 29.8 Å². The van der Waals surface area contributed by atoms with Crippen molar-refractivity contribution in [2.24, 2.45) is 5.92 Å². The lowest BCUT2D eigenvalue weighted by Gasteiger charge is -2.23. The zero-order chi connectivity index (χ0) is 13.7. The van der Waals surface area contributed by atoms with E-state index in [2.05, 4.69) is 6.08 Å². The van der Waals surface area contributed by atoms with Crippen molar-refractivity contribution in [3.05, 3.63) is 45.5 Å². The summed E-state index contributed by atoms with van der Waals surface area (Å²) in [5, 5.41) is 10.6. The summed E-state index contributed by atoms with van der Waals surface area (Å²) in [7, 11) is 0. The van der Waals surface area contributed by atoms with Crippen molar-refractivity contribution in [3.8, 4) is 0 Å². The van der Waals surface area contributed by atoms with Crippen molar-refractivity contribution < 1.29 is 4.92 Å². The third-order valence-corrected chi connectivity index (χ3v) is 4.05. The average Bonchev–Trinajstić information content (AvgIpc) is 2.46. The Labute approximate surface area is 118 Å². The van der Waals surface area contributed by atoms with Gasteiger partial charge in [0.25, 0.3) is 5.69 Å². The van der Waals surface area contributed by atoms with Crippen molar-refractivity contribution in [3.63, 3.8) is 0 Å². The topological polar surface area (TPSA) is 43.1 Å². The zero-order valence-electron chi connectivity index (χ0n) is 10.8. The number of hydrogen-bond acceptors (Lipinski definition) is 2. The minimum Gasteiger partial charge on any atom is -0.258 e. The first-order valence-electron chi connectivity index (χ1n) is 6.71. The molecule has 0 heterocycles. The van der Waals surface area contributed by atoms with Gasteiger partial charge in [0.05, 0.1) is 4.92 Å². The van der Waals surface area contributed by atoms with E-state index >= 15 is 0 Å². The van der Waals surface area contributed by atoms with Gasteiger partial charge in [0.2, 0.25) is 0 Å². The van der Waals surface area contributed by atoms with Crippen LogP contribution in [0.25, 0.3) is 6.08 Å². The molecule has 2 rings (SSSR count). The fraction of sp³-hybridized carbons (Fsp3) is 0.467. The van der Waals surface area contributed by atoms with Gasteiger partial charge in [-0.2, -0.15) is 0 Å². The van der Waals surface area contributed by atoms with Crippen molar-refractivity contribution in [1.82, 2.24) is 0 Å².